The maximum Gasteiger partial charge on any atom is 0.290 e. The zero-order chi connectivity index (χ0) is 17.1. The van der Waals surface area contributed by atoms with Crippen molar-refractivity contribution in [1.82, 2.24) is 20.6 Å². The number of rotatable bonds is 3. The molecule has 0 spiro atoms. The molecule has 0 saturated heterocycles. The zero-order valence-electron chi connectivity index (χ0n) is 12.8. The van der Waals surface area contributed by atoms with Gasteiger partial charge in [0.1, 0.15) is 0 Å². The Hall–Kier alpha value is -3.00. The van der Waals surface area contributed by atoms with Crippen molar-refractivity contribution in [2.45, 2.75) is 13.5 Å². The first kappa shape index (κ1) is 15.9. The SMILES string of the molecule is CCn1nc(C(=O)NNC(=O)c2cccs2)c2ccccc2c1=O. The summed E-state index contributed by atoms with van der Waals surface area (Å²) in [6.45, 7) is 2.11. The number of carbonyl (C=O) groups excluding carboxylic acids is 2. The van der Waals surface area contributed by atoms with Crippen LogP contribution in [0.15, 0.2) is 46.6 Å². The highest BCUT2D eigenvalue weighted by Crippen LogP contribution is 2.13. The Morgan fingerprint density at radius 3 is 2.46 bits per heavy atom. The van der Waals surface area contributed by atoms with Gasteiger partial charge in [0.15, 0.2) is 5.69 Å². The van der Waals surface area contributed by atoms with Gasteiger partial charge < -0.3 is 0 Å². The van der Waals surface area contributed by atoms with E-state index in [9.17, 15) is 14.4 Å². The van der Waals surface area contributed by atoms with Crippen LogP contribution >= 0.6 is 11.3 Å². The molecule has 0 radical (unpaired) electrons. The normalized spacial score (nSPS) is 10.5. The highest BCUT2D eigenvalue weighted by atomic mass is 32.1. The number of hydrazine groups is 1. The van der Waals surface area contributed by atoms with Crippen LogP contribution in [0.1, 0.15) is 27.1 Å². The standard InChI is InChI=1S/C16H14N4O3S/c1-2-20-16(23)11-7-4-3-6-10(11)13(19-20)15(22)18-17-14(21)12-8-5-9-24-12/h3-9H,2H2,1H3,(H,17,21)(H,18,22). The molecule has 0 aliphatic carbocycles. The molecule has 8 heteroatoms. The van der Waals surface area contributed by atoms with Crippen LogP contribution in [0.25, 0.3) is 10.8 Å². The van der Waals surface area contributed by atoms with E-state index >= 15 is 0 Å². The van der Waals surface area contributed by atoms with Gasteiger partial charge in [-0.05, 0) is 24.4 Å². The Morgan fingerprint density at radius 1 is 1.08 bits per heavy atom. The van der Waals surface area contributed by atoms with Gasteiger partial charge in [-0.1, -0.05) is 24.3 Å². The Bertz CT molecular complexity index is 963. The average molecular weight is 342 g/mol. The lowest BCUT2D eigenvalue weighted by molar-refractivity contribution is 0.0846. The third kappa shape index (κ3) is 2.91. The molecule has 24 heavy (non-hydrogen) atoms. The number of aryl methyl sites for hydroxylation is 1. The molecular weight excluding hydrogens is 328 g/mol. The molecule has 0 fully saturated rings. The predicted molar refractivity (Wildman–Crippen MR) is 90.9 cm³/mol. The molecule has 122 valence electrons. The molecule has 2 aromatic heterocycles. The lowest BCUT2D eigenvalue weighted by Gasteiger charge is -2.10. The summed E-state index contributed by atoms with van der Waals surface area (Å²) in [4.78, 5) is 37.0. The molecule has 2 amide bonds. The fraction of sp³-hybridized carbons (Fsp3) is 0.125. The molecule has 0 aliphatic rings. The van der Waals surface area contributed by atoms with E-state index in [4.69, 9.17) is 0 Å². The van der Waals surface area contributed by atoms with E-state index in [-0.39, 0.29) is 11.3 Å². The van der Waals surface area contributed by atoms with Gasteiger partial charge in [0, 0.05) is 11.9 Å². The first-order valence-corrected chi connectivity index (χ1v) is 8.14. The second-order valence-corrected chi connectivity index (χ2v) is 5.85. The van der Waals surface area contributed by atoms with Crippen molar-refractivity contribution < 1.29 is 9.59 Å². The summed E-state index contributed by atoms with van der Waals surface area (Å²) in [5, 5.41) is 6.72. The minimum absolute atomic E-state index is 0.0820. The van der Waals surface area contributed by atoms with E-state index in [0.717, 1.165) is 0 Å². The van der Waals surface area contributed by atoms with Crippen LogP contribution in [0.4, 0.5) is 0 Å². The summed E-state index contributed by atoms with van der Waals surface area (Å²) in [5.41, 5.74) is 4.51. The van der Waals surface area contributed by atoms with Crippen LogP contribution in [0.2, 0.25) is 0 Å². The summed E-state index contributed by atoms with van der Waals surface area (Å²) < 4.78 is 1.22. The van der Waals surface area contributed by atoms with Gasteiger partial charge in [0.2, 0.25) is 0 Å². The van der Waals surface area contributed by atoms with Crippen LogP contribution in [0.3, 0.4) is 0 Å². The van der Waals surface area contributed by atoms with Crippen molar-refractivity contribution in [3.63, 3.8) is 0 Å². The molecule has 0 unspecified atom stereocenters. The van der Waals surface area contributed by atoms with Crippen molar-refractivity contribution >= 4 is 33.9 Å². The van der Waals surface area contributed by atoms with Crippen LogP contribution in [0, 0.1) is 0 Å². The minimum Gasteiger partial charge on any atom is -0.267 e. The molecule has 3 rings (SSSR count). The summed E-state index contributed by atoms with van der Waals surface area (Å²) in [5.74, 6) is -0.996. The lowest BCUT2D eigenvalue weighted by atomic mass is 10.1. The van der Waals surface area contributed by atoms with Crippen molar-refractivity contribution in [1.29, 1.82) is 0 Å². The monoisotopic (exact) mass is 342 g/mol. The summed E-state index contributed by atoms with van der Waals surface area (Å²) in [6.07, 6.45) is 0. The molecule has 1 aromatic carbocycles. The molecule has 2 heterocycles. The number of nitrogens with one attached hydrogen (secondary N) is 2. The minimum atomic E-state index is -0.585. The molecule has 0 atom stereocenters. The molecule has 2 N–H and O–H groups in total. The van der Waals surface area contributed by atoms with Gasteiger partial charge in [-0.2, -0.15) is 5.10 Å². The number of fused-ring (bicyclic) bond motifs is 1. The maximum atomic E-state index is 12.4. The zero-order valence-corrected chi connectivity index (χ0v) is 13.6. The second kappa shape index (κ2) is 6.63. The maximum absolute atomic E-state index is 12.4. The quantitative estimate of drug-likeness (QED) is 0.706. The molecule has 3 aromatic rings. The second-order valence-electron chi connectivity index (χ2n) is 4.90. The number of aromatic nitrogens is 2. The smallest absolute Gasteiger partial charge is 0.267 e. The number of hydrogen-bond donors (Lipinski definition) is 2. The van der Waals surface area contributed by atoms with Crippen LogP contribution < -0.4 is 16.4 Å². The summed E-state index contributed by atoms with van der Waals surface area (Å²) in [7, 11) is 0. The van der Waals surface area contributed by atoms with E-state index in [1.807, 2.05) is 0 Å². The lowest BCUT2D eigenvalue weighted by Crippen LogP contribution is -2.42. The number of amides is 2. The predicted octanol–water partition coefficient (Wildman–Crippen LogP) is 1.55. The number of hydrogen-bond acceptors (Lipinski definition) is 5. The van der Waals surface area contributed by atoms with E-state index < -0.39 is 11.8 Å². The summed E-state index contributed by atoms with van der Waals surface area (Å²) in [6, 6.07) is 10.1. The summed E-state index contributed by atoms with van der Waals surface area (Å²) >= 11 is 1.26. The highest BCUT2D eigenvalue weighted by Gasteiger charge is 2.17. The fourth-order valence-corrected chi connectivity index (χ4v) is 2.88. The molecule has 0 saturated carbocycles. The van der Waals surface area contributed by atoms with Crippen molar-refractivity contribution in [2.75, 3.05) is 0 Å². The van der Waals surface area contributed by atoms with Gasteiger partial charge in [-0.3, -0.25) is 25.2 Å². The Morgan fingerprint density at radius 2 is 1.79 bits per heavy atom. The van der Waals surface area contributed by atoms with E-state index in [1.54, 1.807) is 48.7 Å². The van der Waals surface area contributed by atoms with Gasteiger partial charge >= 0.3 is 0 Å². The van der Waals surface area contributed by atoms with Crippen molar-refractivity contribution in [2.24, 2.45) is 0 Å². The average Bonchev–Trinajstić information content (AvgIpc) is 3.15. The molecule has 0 aliphatic heterocycles. The van der Waals surface area contributed by atoms with Gasteiger partial charge in [-0.25, -0.2) is 4.68 Å². The first-order chi connectivity index (χ1) is 11.6. The largest absolute Gasteiger partial charge is 0.290 e. The number of benzene rings is 1. The number of carbonyl (C=O) groups is 2. The molecular formula is C16H14N4O3S. The third-order valence-corrected chi connectivity index (χ3v) is 4.29. The Labute approximate surface area is 140 Å². The highest BCUT2D eigenvalue weighted by molar-refractivity contribution is 7.12. The van der Waals surface area contributed by atoms with Crippen LogP contribution in [-0.4, -0.2) is 21.6 Å². The Kier molecular flexibility index (Phi) is 4.39. The molecule has 0 bridgehead atoms. The van der Waals surface area contributed by atoms with Gasteiger partial charge in [0.05, 0.1) is 10.3 Å². The molecule has 7 nitrogen and oxygen atoms in total. The van der Waals surface area contributed by atoms with Crippen LogP contribution in [-0.2, 0) is 6.54 Å². The number of thiophene rings is 1. The van der Waals surface area contributed by atoms with Gasteiger partial charge in [-0.15, -0.1) is 11.3 Å². The number of nitrogens with zero attached hydrogens (tertiary/aromatic N) is 2. The van der Waals surface area contributed by atoms with Crippen molar-refractivity contribution in [3.05, 3.63) is 62.7 Å². The van der Waals surface area contributed by atoms with E-state index in [1.165, 1.54) is 16.0 Å². The van der Waals surface area contributed by atoms with Gasteiger partial charge in [0.25, 0.3) is 17.4 Å². The Balaban J connectivity index is 1.91. The van der Waals surface area contributed by atoms with E-state index in [2.05, 4.69) is 16.0 Å². The van der Waals surface area contributed by atoms with Crippen LogP contribution in [0.5, 0.6) is 0 Å². The first-order valence-electron chi connectivity index (χ1n) is 7.26. The topological polar surface area (TPSA) is 93.1 Å². The third-order valence-electron chi connectivity index (χ3n) is 3.42. The van der Waals surface area contributed by atoms with E-state index in [0.29, 0.717) is 22.2 Å². The fourth-order valence-electron chi connectivity index (χ4n) is 2.26. The van der Waals surface area contributed by atoms with Crippen molar-refractivity contribution in [3.8, 4) is 0 Å².